The summed E-state index contributed by atoms with van der Waals surface area (Å²) in [5.41, 5.74) is 7.19. The van der Waals surface area contributed by atoms with Gasteiger partial charge in [0.2, 0.25) is 5.91 Å². The van der Waals surface area contributed by atoms with Gasteiger partial charge in [-0.3, -0.25) is 4.79 Å². The van der Waals surface area contributed by atoms with Gasteiger partial charge in [0.25, 0.3) is 0 Å². The molecule has 1 aliphatic rings. The molecule has 1 aromatic rings. The van der Waals surface area contributed by atoms with E-state index < -0.39 is 0 Å². The zero-order valence-corrected chi connectivity index (χ0v) is 12.5. The number of rotatable bonds is 5. The quantitative estimate of drug-likeness (QED) is 0.872. The fourth-order valence-electron chi connectivity index (χ4n) is 2.99. The van der Waals surface area contributed by atoms with Crippen LogP contribution in [0.1, 0.15) is 49.8 Å². The van der Waals surface area contributed by atoms with Crippen LogP contribution in [0.5, 0.6) is 0 Å². The maximum absolute atomic E-state index is 11.2. The van der Waals surface area contributed by atoms with Crippen LogP contribution in [0, 0.1) is 23.2 Å². The Bertz CT molecular complexity index is 527. The normalized spacial score (nSPS) is 23.2. The maximum atomic E-state index is 11.2. The van der Waals surface area contributed by atoms with Crippen LogP contribution in [-0.2, 0) is 4.79 Å². The summed E-state index contributed by atoms with van der Waals surface area (Å²) < 4.78 is 0. The Hall–Kier alpha value is -1.86. The zero-order chi connectivity index (χ0) is 15.2. The van der Waals surface area contributed by atoms with Crippen molar-refractivity contribution in [2.24, 2.45) is 17.6 Å². The molecule has 0 aromatic heterocycles. The van der Waals surface area contributed by atoms with Gasteiger partial charge in [0, 0.05) is 12.0 Å². The second-order valence-electron chi connectivity index (χ2n) is 5.99. The second kappa shape index (κ2) is 7.24. The van der Waals surface area contributed by atoms with E-state index in [1.54, 1.807) is 0 Å². The Morgan fingerprint density at radius 2 is 2.14 bits per heavy atom. The molecule has 112 valence electrons. The minimum Gasteiger partial charge on any atom is -0.369 e. The lowest BCUT2D eigenvalue weighted by atomic mass is 9.81. The van der Waals surface area contributed by atoms with Crippen molar-refractivity contribution in [2.75, 3.05) is 6.54 Å². The predicted molar refractivity (Wildman–Crippen MR) is 82.2 cm³/mol. The van der Waals surface area contributed by atoms with Gasteiger partial charge in [0.15, 0.2) is 0 Å². The Kier molecular flexibility index (Phi) is 5.35. The first-order valence-corrected chi connectivity index (χ1v) is 7.63. The summed E-state index contributed by atoms with van der Waals surface area (Å²) in [4.78, 5) is 11.2. The topological polar surface area (TPSA) is 78.9 Å². The molecule has 0 saturated heterocycles. The number of nitriles is 1. The zero-order valence-electron chi connectivity index (χ0n) is 12.5. The number of carbonyl (C=O) groups is 1. The van der Waals surface area contributed by atoms with Crippen LogP contribution in [-0.4, -0.2) is 12.5 Å². The van der Waals surface area contributed by atoms with Crippen molar-refractivity contribution in [3.8, 4) is 6.07 Å². The first-order chi connectivity index (χ1) is 10.1. The number of nitrogens with zero attached hydrogens (tertiary/aromatic N) is 1. The number of carbonyl (C=O) groups excluding carboxylic acids is 1. The Morgan fingerprint density at radius 3 is 2.76 bits per heavy atom. The largest absolute Gasteiger partial charge is 0.369 e. The summed E-state index contributed by atoms with van der Waals surface area (Å²) in [6.07, 6.45) is 3.96. The van der Waals surface area contributed by atoms with E-state index in [0.29, 0.717) is 11.5 Å². The molecule has 0 aliphatic heterocycles. The number of amides is 1. The van der Waals surface area contributed by atoms with Crippen molar-refractivity contribution in [3.63, 3.8) is 0 Å². The third kappa shape index (κ3) is 4.30. The number of primary amides is 1. The molecule has 1 aliphatic carbocycles. The molecule has 1 fully saturated rings. The van der Waals surface area contributed by atoms with E-state index in [-0.39, 0.29) is 17.9 Å². The van der Waals surface area contributed by atoms with Gasteiger partial charge in [0.05, 0.1) is 11.6 Å². The van der Waals surface area contributed by atoms with Crippen LogP contribution in [0.2, 0.25) is 0 Å². The van der Waals surface area contributed by atoms with Crippen LogP contribution in [0.25, 0.3) is 0 Å². The van der Waals surface area contributed by atoms with Gasteiger partial charge in [-0.2, -0.15) is 5.26 Å². The van der Waals surface area contributed by atoms with E-state index in [1.807, 2.05) is 24.3 Å². The SMILES string of the molecule is C[C@H](NCC1CCC(C(N)=O)CC1)c1cccc(C#N)c1. The van der Waals surface area contributed by atoms with E-state index >= 15 is 0 Å². The molecule has 0 bridgehead atoms. The van der Waals surface area contributed by atoms with Crippen molar-refractivity contribution in [2.45, 2.75) is 38.6 Å². The fraction of sp³-hybridized carbons (Fsp3) is 0.529. The van der Waals surface area contributed by atoms with E-state index in [9.17, 15) is 4.79 Å². The lowest BCUT2D eigenvalue weighted by Crippen LogP contribution is -2.32. The molecule has 0 radical (unpaired) electrons. The number of nitrogens with one attached hydrogen (secondary N) is 1. The molecule has 3 N–H and O–H groups in total. The van der Waals surface area contributed by atoms with E-state index in [0.717, 1.165) is 37.8 Å². The van der Waals surface area contributed by atoms with Crippen LogP contribution in [0.15, 0.2) is 24.3 Å². The average Bonchev–Trinajstić information content (AvgIpc) is 2.53. The summed E-state index contributed by atoms with van der Waals surface area (Å²) in [5, 5.41) is 12.5. The van der Waals surface area contributed by atoms with Crippen LogP contribution >= 0.6 is 0 Å². The van der Waals surface area contributed by atoms with Crippen molar-refractivity contribution in [1.29, 1.82) is 5.26 Å². The Labute approximate surface area is 126 Å². The van der Waals surface area contributed by atoms with Gasteiger partial charge in [-0.25, -0.2) is 0 Å². The highest BCUT2D eigenvalue weighted by atomic mass is 16.1. The number of benzene rings is 1. The third-order valence-corrected chi connectivity index (χ3v) is 4.48. The van der Waals surface area contributed by atoms with Crippen molar-refractivity contribution in [1.82, 2.24) is 5.32 Å². The predicted octanol–water partition coefficient (Wildman–Crippen LogP) is 2.50. The van der Waals surface area contributed by atoms with E-state index in [1.165, 1.54) is 0 Å². The summed E-state index contributed by atoms with van der Waals surface area (Å²) in [5.74, 6) is 0.538. The molecular formula is C17H23N3O. The van der Waals surface area contributed by atoms with Crippen molar-refractivity contribution < 1.29 is 4.79 Å². The molecule has 1 atom stereocenters. The number of hydrogen-bond acceptors (Lipinski definition) is 3. The Balaban J connectivity index is 1.81. The summed E-state index contributed by atoms with van der Waals surface area (Å²) in [6.45, 7) is 3.06. The molecule has 0 unspecified atom stereocenters. The lowest BCUT2D eigenvalue weighted by molar-refractivity contribution is -0.122. The van der Waals surface area contributed by atoms with Crippen LogP contribution in [0.3, 0.4) is 0 Å². The summed E-state index contributed by atoms with van der Waals surface area (Å²) in [6, 6.07) is 10.1. The number of nitrogens with two attached hydrogens (primary N) is 1. The van der Waals surface area contributed by atoms with E-state index in [2.05, 4.69) is 18.3 Å². The molecule has 1 amide bonds. The smallest absolute Gasteiger partial charge is 0.220 e. The minimum atomic E-state index is -0.150. The fourth-order valence-corrected chi connectivity index (χ4v) is 2.99. The van der Waals surface area contributed by atoms with Gasteiger partial charge in [-0.15, -0.1) is 0 Å². The standard InChI is InChI=1S/C17H23N3O/c1-12(16-4-2-3-14(9-16)10-18)20-11-13-5-7-15(8-6-13)17(19)21/h2-4,9,12-13,15,20H,5-8,11H2,1H3,(H2,19,21)/t12-,13?,15?/m0/s1. The molecule has 1 aromatic carbocycles. The molecule has 4 nitrogen and oxygen atoms in total. The van der Waals surface area contributed by atoms with Crippen molar-refractivity contribution >= 4 is 5.91 Å². The summed E-state index contributed by atoms with van der Waals surface area (Å²) >= 11 is 0. The molecule has 0 heterocycles. The van der Waals surface area contributed by atoms with Crippen LogP contribution in [0.4, 0.5) is 0 Å². The monoisotopic (exact) mass is 285 g/mol. The maximum Gasteiger partial charge on any atom is 0.220 e. The molecule has 0 spiro atoms. The molecule has 1 saturated carbocycles. The Morgan fingerprint density at radius 1 is 1.43 bits per heavy atom. The van der Waals surface area contributed by atoms with Gasteiger partial charge in [-0.05, 0) is 62.8 Å². The number of hydrogen-bond donors (Lipinski definition) is 2. The van der Waals surface area contributed by atoms with Gasteiger partial charge < -0.3 is 11.1 Å². The van der Waals surface area contributed by atoms with Crippen molar-refractivity contribution in [3.05, 3.63) is 35.4 Å². The van der Waals surface area contributed by atoms with Crippen LogP contribution < -0.4 is 11.1 Å². The first kappa shape index (κ1) is 15.5. The molecular weight excluding hydrogens is 262 g/mol. The average molecular weight is 285 g/mol. The highest BCUT2D eigenvalue weighted by Gasteiger charge is 2.24. The van der Waals surface area contributed by atoms with E-state index in [4.69, 9.17) is 11.0 Å². The first-order valence-electron chi connectivity index (χ1n) is 7.63. The molecule has 4 heteroatoms. The molecule has 21 heavy (non-hydrogen) atoms. The molecule has 2 rings (SSSR count). The highest BCUT2D eigenvalue weighted by Crippen LogP contribution is 2.28. The lowest BCUT2D eigenvalue weighted by Gasteiger charge is -2.28. The van der Waals surface area contributed by atoms with Gasteiger partial charge >= 0.3 is 0 Å². The minimum absolute atomic E-state index is 0.0750. The highest BCUT2D eigenvalue weighted by molar-refractivity contribution is 5.76. The second-order valence-corrected chi connectivity index (χ2v) is 5.99. The van der Waals surface area contributed by atoms with Gasteiger partial charge in [0.1, 0.15) is 0 Å². The third-order valence-electron chi connectivity index (χ3n) is 4.48. The van der Waals surface area contributed by atoms with Gasteiger partial charge in [-0.1, -0.05) is 12.1 Å². The summed E-state index contributed by atoms with van der Waals surface area (Å²) in [7, 11) is 0.